The highest BCUT2D eigenvalue weighted by atomic mass is 32.2. The summed E-state index contributed by atoms with van der Waals surface area (Å²) in [4.78, 5) is 2.48. The molecule has 1 aliphatic heterocycles. The third kappa shape index (κ3) is 2.26. The summed E-state index contributed by atoms with van der Waals surface area (Å²) < 4.78 is 33.4. The molecule has 0 aliphatic carbocycles. The van der Waals surface area contributed by atoms with Crippen LogP contribution >= 0.6 is 0 Å². The first kappa shape index (κ1) is 17.1. The molecule has 1 aromatic heterocycles. The van der Waals surface area contributed by atoms with Crippen molar-refractivity contribution in [1.29, 1.82) is 0 Å². The van der Waals surface area contributed by atoms with Gasteiger partial charge in [-0.15, -0.1) is 0 Å². The number of sulfone groups is 1. The molecule has 0 N–H and O–H groups in total. The van der Waals surface area contributed by atoms with E-state index in [0.717, 1.165) is 22.4 Å². The van der Waals surface area contributed by atoms with Gasteiger partial charge in [-0.05, 0) is 62.2 Å². The van der Waals surface area contributed by atoms with Crippen LogP contribution < -0.4 is 4.90 Å². The van der Waals surface area contributed by atoms with E-state index in [-0.39, 0.29) is 4.90 Å². The Kier molecular flexibility index (Phi) is 3.49. The molecular weight excluding hydrogens is 370 g/mol. The van der Waals surface area contributed by atoms with E-state index in [4.69, 9.17) is 4.42 Å². The van der Waals surface area contributed by atoms with E-state index < -0.39 is 9.84 Å². The predicted octanol–water partition coefficient (Wildman–Crippen LogP) is 5.97. The first-order chi connectivity index (χ1) is 13.4. The van der Waals surface area contributed by atoms with Gasteiger partial charge >= 0.3 is 0 Å². The molecule has 0 fully saturated rings. The number of anilines is 3. The molecule has 28 heavy (non-hydrogen) atoms. The van der Waals surface area contributed by atoms with E-state index in [2.05, 4.69) is 0 Å². The normalized spacial score (nSPS) is 14.8. The van der Waals surface area contributed by atoms with Gasteiger partial charge in [0.15, 0.2) is 0 Å². The van der Waals surface area contributed by atoms with Crippen molar-refractivity contribution >= 4 is 38.1 Å². The zero-order chi connectivity index (χ0) is 19.6. The molecule has 0 radical (unpaired) electrons. The van der Waals surface area contributed by atoms with E-state index in [1.54, 1.807) is 6.07 Å². The van der Waals surface area contributed by atoms with Crippen LogP contribution in [0.1, 0.15) is 16.7 Å². The molecule has 140 valence electrons. The largest absolute Gasteiger partial charge is 0.438 e. The van der Waals surface area contributed by atoms with Crippen LogP contribution in [-0.4, -0.2) is 8.42 Å². The Morgan fingerprint density at radius 2 is 1.54 bits per heavy atom. The number of rotatable bonds is 1. The van der Waals surface area contributed by atoms with Gasteiger partial charge in [0.25, 0.3) is 0 Å². The zero-order valence-corrected chi connectivity index (χ0v) is 16.7. The average Bonchev–Trinajstić information content (AvgIpc) is 3.03. The number of benzene rings is 3. The summed E-state index contributed by atoms with van der Waals surface area (Å²) in [6.45, 7) is 5.87. The summed E-state index contributed by atoms with van der Waals surface area (Å²) in [5.74, 6) is 0.353. The topological polar surface area (TPSA) is 50.5 Å². The lowest BCUT2D eigenvalue weighted by Crippen LogP contribution is -2.21. The first-order valence-corrected chi connectivity index (χ1v) is 10.6. The maximum atomic E-state index is 13.6. The molecule has 0 bridgehead atoms. The quantitative estimate of drug-likeness (QED) is 0.354. The summed E-state index contributed by atoms with van der Waals surface area (Å²) in [5, 5.41) is 0.626. The fourth-order valence-corrected chi connectivity index (χ4v) is 5.68. The van der Waals surface area contributed by atoms with E-state index in [1.807, 2.05) is 80.3 Å². The van der Waals surface area contributed by atoms with Crippen LogP contribution in [0.3, 0.4) is 0 Å². The van der Waals surface area contributed by atoms with E-state index in [0.29, 0.717) is 27.4 Å². The molecule has 0 atom stereocenters. The van der Waals surface area contributed by atoms with Gasteiger partial charge in [-0.1, -0.05) is 35.9 Å². The van der Waals surface area contributed by atoms with Gasteiger partial charge in [0.2, 0.25) is 15.7 Å². The highest BCUT2D eigenvalue weighted by molar-refractivity contribution is 7.92. The summed E-state index contributed by atoms with van der Waals surface area (Å²) in [5.41, 5.74) is 5.02. The van der Waals surface area contributed by atoms with Crippen LogP contribution in [0.5, 0.6) is 0 Å². The lowest BCUT2D eigenvalue weighted by Gasteiger charge is -2.30. The Hall–Kier alpha value is -3.05. The number of fused-ring (bicyclic) bond motifs is 4. The summed E-state index contributed by atoms with van der Waals surface area (Å²) in [6.07, 6.45) is 0. The maximum Gasteiger partial charge on any atom is 0.225 e. The third-order valence-electron chi connectivity index (χ3n) is 5.25. The van der Waals surface area contributed by atoms with Gasteiger partial charge in [0.05, 0.1) is 16.3 Å². The first-order valence-electron chi connectivity index (χ1n) is 9.12. The van der Waals surface area contributed by atoms with E-state index in [9.17, 15) is 8.42 Å². The lowest BCUT2D eigenvalue weighted by molar-refractivity contribution is 0.580. The van der Waals surface area contributed by atoms with Crippen LogP contribution in [0.4, 0.5) is 17.3 Å². The Morgan fingerprint density at radius 1 is 0.821 bits per heavy atom. The number of hydrogen-bond donors (Lipinski definition) is 0. The van der Waals surface area contributed by atoms with Crippen molar-refractivity contribution in [1.82, 2.24) is 0 Å². The predicted molar refractivity (Wildman–Crippen MR) is 111 cm³/mol. The molecule has 1 aliphatic rings. The number of aryl methyl sites for hydroxylation is 3. The van der Waals surface area contributed by atoms with E-state index >= 15 is 0 Å². The van der Waals surface area contributed by atoms with Crippen LogP contribution in [-0.2, 0) is 9.84 Å². The monoisotopic (exact) mass is 389 g/mol. The minimum atomic E-state index is -3.71. The molecular formula is C23H19NO3S. The molecule has 0 amide bonds. The van der Waals surface area contributed by atoms with Crippen LogP contribution in [0.15, 0.2) is 74.9 Å². The van der Waals surface area contributed by atoms with Crippen molar-refractivity contribution in [2.45, 2.75) is 30.6 Å². The van der Waals surface area contributed by atoms with Crippen molar-refractivity contribution in [3.05, 3.63) is 77.4 Å². The molecule has 0 saturated carbocycles. The van der Waals surface area contributed by atoms with Gasteiger partial charge in [0, 0.05) is 5.39 Å². The summed E-state index contributed by atoms with van der Waals surface area (Å²) in [6, 6.07) is 19.1. The summed E-state index contributed by atoms with van der Waals surface area (Å²) in [7, 11) is -3.71. The van der Waals surface area contributed by atoms with Gasteiger partial charge in [0.1, 0.15) is 10.5 Å². The second-order valence-electron chi connectivity index (χ2n) is 7.33. The highest BCUT2D eigenvalue weighted by Crippen LogP contribution is 2.52. The van der Waals surface area contributed by atoms with Crippen molar-refractivity contribution in [2.75, 3.05) is 4.90 Å². The second-order valence-corrected chi connectivity index (χ2v) is 9.19. The Bertz CT molecular complexity index is 1370. The molecule has 4 aromatic rings. The molecule has 4 nitrogen and oxygen atoms in total. The number of hydrogen-bond acceptors (Lipinski definition) is 4. The standard InChI is InChI=1S/C23H19NO3S/c1-14-9-11-20-17(12-14)22-23(27-20)24(18-7-5-4-6-16(18)3)19-10-8-15(2)13-21(19)28(22,25)26/h4-13H,1-3H3. The highest BCUT2D eigenvalue weighted by Gasteiger charge is 2.40. The molecule has 3 aromatic carbocycles. The minimum Gasteiger partial charge on any atom is -0.438 e. The molecule has 5 rings (SSSR count). The average molecular weight is 389 g/mol. The van der Waals surface area contributed by atoms with Crippen molar-refractivity contribution in [2.24, 2.45) is 0 Å². The fourth-order valence-electron chi connectivity index (χ4n) is 3.88. The van der Waals surface area contributed by atoms with Crippen molar-refractivity contribution < 1.29 is 12.8 Å². The minimum absolute atomic E-state index is 0.243. The van der Waals surface area contributed by atoms with E-state index in [1.165, 1.54) is 0 Å². The summed E-state index contributed by atoms with van der Waals surface area (Å²) >= 11 is 0. The zero-order valence-electron chi connectivity index (χ0n) is 15.9. The molecule has 0 saturated heterocycles. The van der Waals surface area contributed by atoms with Gasteiger partial charge in [-0.3, -0.25) is 4.90 Å². The smallest absolute Gasteiger partial charge is 0.225 e. The van der Waals surface area contributed by atoms with Gasteiger partial charge in [-0.25, -0.2) is 8.42 Å². The van der Waals surface area contributed by atoms with Gasteiger partial charge in [-0.2, -0.15) is 0 Å². The van der Waals surface area contributed by atoms with Crippen molar-refractivity contribution in [3.63, 3.8) is 0 Å². The molecule has 0 spiro atoms. The second kappa shape index (κ2) is 5.72. The van der Waals surface area contributed by atoms with Crippen LogP contribution in [0.25, 0.3) is 11.0 Å². The third-order valence-corrected chi connectivity index (χ3v) is 7.09. The Labute approximate surface area is 163 Å². The Balaban J connectivity index is 1.96. The molecule has 5 heteroatoms. The fraction of sp³-hybridized carbons (Fsp3) is 0.130. The molecule has 2 heterocycles. The number of furan rings is 1. The van der Waals surface area contributed by atoms with Crippen LogP contribution in [0, 0.1) is 20.8 Å². The van der Waals surface area contributed by atoms with Crippen LogP contribution in [0.2, 0.25) is 0 Å². The SMILES string of the molecule is Cc1ccc2c(c1)S(=O)(=O)c1c(oc3ccc(C)cc13)N2c1ccccc1C. The van der Waals surface area contributed by atoms with Gasteiger partial charge < -0.3 is 4.42 Å². The maximum absolute atomic E-state index is 13.6. The number of para-hydroxylation sites is 1. The number of nitrogens with zero attached hydrogens (tertiary/aromatic N) is 1. The van der Waals surface area contributed by atoms with Crippen molar-refractivity contribution in [3.8, 4) is 0 Å². The lowest BCUT2D eigenvalue weighted by atomic mass is 10.1. The Morgan fingerprint density at radius 3 is 2.32 bits per heavy atom. The molecule has 0 unspecified atom stereocenters.